The van der Waals surface area contributed by atoms with Crippen LogP contribution in [0.5, 0.6) is 11.5 Å². The fraction of sp³-hybridized carbons (Fsp3) is 0.366. The molecule has 0 spiro atoms. The van der Waals surface area contributed by atoms with Crippen molar-refractivity contribution in [2.45, 2.75) is 49.5 Å². The van der Waals surface area contributed by atoms with Crippen LogP contribution in [0.25, 0.3) is 11.0 Å². The fourth-order valence-corrected chi connectivity index (χ4v) is 9.38. The van der Waals surface area contributed by atoms with Gasteiger partial charge in [0.1, 0.15) is 22.8 Å². The Kier molecular flexibility index (Phi) is 11.3. The largest absolute Gasteiger partial charge is 0.455 e. The molecule has 4 heterocycles. The van der Waals surface area contributed by atoms with Crippen molar-refractivity contribution in [1.82, 2.24) is 19.6 Å². The van der Waals surface area contributed by atoms with E-state index < -0.39 is 31.4 Å². The van der Waals surface area contributed by atoms with Crippen LogP contribution in [-0.2, 0) is 21.2 Å². The summed E-state index contributed by atoms with van der Waals surface area (Å²) in [6.45, 7) is 4.82. The van der Waals surface area contributed by atoms with Crippen LogP contribution < -0.4 is 19.7 Å². The molecule has 0 bridgehead atoms. The summed E-state index contributed by atoms with van der Waals surface area (Å²) in [5.74, 6) is -0.192. The number of fused-ring (bicyclic) bond motifs is 2. The Hall–Kier alpha value is -5.22. The fourth-order valence-electron chi connectivity index (χ4n) is 8.12. The number of aromatic nitrogens is 2. The van der Waals surface area contributed by atoms with Crippen molar-refractivity contribution >= 4 is 55.6 Å². The van der Waals surface area contributed by atoms with E-state index in [2.05, 4.69) is 35.9 Å². The molecule has 3 aromatic carbocycles. The van der Waals surface area contributed by atoms with Crippen molar-refractivity contribution in [3.05, 3.63) is 111 Å². The number of carbonyl (C=O) groups is 1. The highest BCUT2D eigenvalue weighted by Gasteiger charge is 2.30. The highest BCUT2D eigenvalue weighted by Crippen LogP contribution is 2.38. The molecule has 2 aliphatic heterocycles. The molecule has 298 valence electrons. The predicted molar refractivity (Wildman–Crippen MR) is 218 cm³/mol. The molecule has 1 amide bonds. The highest BCUT2D eigenvalue weighted by atomic mass is 35.5. The minimum Gasteiger partial charge on any atom is -0.455 e. The lowest BCUT2D eigenvalue weighted by Crippen LogP contribution is -2.47. The van der Waals surface area contributed by atoms with Gasteiger partial charge in [0.25, 0.3) is 21.6 Å². The third-order valence-corrected chi connectivity index (χ3v) is 12.9. The zero-order valence-electron chi connectivity index (χ0n) is 31.3. The van der Waals surface area contributed by atoms with Gasteiger partial charge in [0.05, 0.1) is 21.6 Å². The molecule has 8 rings (SSSR count). The zero-order chi connectivity index (χ0) is 39.5. The molecule has 3 aliphatic rings. The first-order chi connectivity index (χ1) is 27.6. The number of benzene rings is 3. The van der Waals surface area contributed by atoms with Crippen molar-refractivity contribution in [3.8, 4) is 11.5 Å². The van der Waals surface area contributed by atoms with Gasteiger partial charge < -0.3 is 24.7 Å². The van der Waals surface area contributed by atoms with Gasteiger partial charge in [-0.05, 0) is 91.6 Å². The third kappa shape index (κ3) is 8.56. The SMILES string of the molecule is O=C(NS(=O)(=O)c1ccc(NCC2CCOCC2)c([N+](=O)[O-])c1)c1ccc(N2CCN(C3CCCCc4c(Cl)cccc43)CC2)cc1Oc1cnc2[nH]ccc2c1. The van der Waals surface area contributed by atoms with E-state index in [4.69, 9.17) is 21.1 Å². The van der Waals surface area contributed by atoms with Gasteiger partial charge in [-0.15, -0.1) is 0 Å². The van der Waals surface area contributed by atoms with Gasteiger partial charge in [-0.2, -0.15) is 0 Å². The van der Waals surface area contributed by atoms with E-state index in [0.29, 0.717) is 31.2 Å². The van der Waals surface area contributed by atoms with Crippen molar-refractivity contribution in [3.63, 3.8) is 0 Å². The highest BCUT2D eigenvalue weighted by molar-refractivity contribution is 7.90. The maximum Gasteiger partial charge on any atom is 0.293 e. The monoisotopic (exact) mass is 813 g/mol. The minimum atomic E-state index is -4.55. The van der Waals surface area contributed by atoms with E-state index in [-0.39, 0.29) is 29.0 Å². The Balaban J connectivity index is 1.02. The first-order valence-electron chi connectivity index (χ1n) is 19.3. The molecule has 14 nitrogen and oxygen atoms in total. The van der Waals surface area contributed by atoms with Crippen molar-refractivity contribution in [2.24, 2.45) is 5.92 Å². The zero-order valence-corrected chi connectivity index (χ0v) is 32.9. The van der Waals surface area contributed by atoms with Crippen LogP contribution in [0.1, 0.15) is 59.6 Å². The number of ether oxygens (including phenoxy) is 2. The summed E-state index contributed by atoms with van der Waals surface area (Å²) in [6.07, 6.45) is 9.24. The summed E-state index contributed by atoms with van der Waals surface area (Å²) in [5.41, 5.74) is 3.79. The Morgan fingerprint density at radius 3 is 2.65 bits per heavy atom. The van der Waals surface area contributed by atoms with Crippen LogP contribution in [0.15, 0.2) is 84.0 Å². The Morgan fingerprint density at radius 1 is 1.02 bits per heavy atom. The number of aromatic amines is 1. The number of hydrogen-bond donors (Lipinski definition) is 3. The van der Waals surface area contributed by atoms with Crippen LogP contribution in [0, 0.1) is 16.0 Å². The second kappa shape index (κ2) is 16.7. The number of carbonyl (C=O) groups excluding carboxylic acids is 1. The quantitative estimate of drug-likeness (QED) is 0.0687. The molecular formula is C41H44ClN7O7S. The van der Waals surface area contributed by atoms with E-state index in [0.717, 1.165) is 86.9 Å². The first kappa shape index (κ1) is 38.6. The number of hydrogen-bond acceptors (Lipinski definition) is 11. The molecule has 5 aromatic rings. The summed E-state index contributed by atoms with van der Waals surface area (Å²) < 4.78 is 41.1. The van der Waals surface area contributed by atoms with E-state index in [1.165, 1.54) is 29.5 Å². The predicted octanol–water partition coefficient (Wildman–Crippen LogP) is 7.46. The van der Waals surface area contributed by atoms with E-state index in [1.807, 2.05) is 18.2 Å². The maximum atomic E-state index is 13.9. The lowest BCUT2D eigenvalue weighted by Gasteiger charge is -2.40. The average Bonchev–Trinajstić information content (AvgIpc) is 3.58. The van der Waals surface area contributed by atoms with Crippen molar-refractivity contribution in [2.75, 3.05) is 56.2 Å². The number of piperazine rings is 1. The summed E-state index contributed by atoms with van der Waals surface area (Å²) in [7, 11) is -4.55. The van der Waals surface area contributed by atoms with E-state index in [9.17, 15) is 23.3 Å². The molecule has 2 fully saturated rings. The van der Waals surface area contributed by atoms with Crippen molar-refractivity contribution in [1.29, 1.82) is 0 Å². The normalized spacial score (nSPS) is 18.1. The summed E-state index contributed by atoms with van der Waals surface area (Å²) in [6, 6.07) is 18.7. The van der Waals surface area contributed by atoms with Gasteiger partial charge in [0, 0.05) is 86.4 Å². The lowest BCUT2D eigenvalue weighted by molar-refractivity contribution is -0.384. The van der Waals surface area contributed by atoms with Crippen LogP contribution >= 0.6 is 11.6 Å². The molecule has 2 saturated heterocycles. The Bertz CT molecular complexity index is 2390. The topological polar surface area (TPSA) is 172 Å². The maximum absolute atomic E-state index is 13.9. The van der Waals surface area contributed by atoms with Gasteiger partial charge in [-0.3, -0.25) is 19.8 Å². The summed E-state index contributed by atoms with van der Waals surface area (Å²) in [4.78, 5) is 37.0. The number of anilines is 2. The number of halogens is 1. The van der Waals surface area contributed by atoms with Crippen LogP contribution in [0.2, 0.25) is 5.02 Å². The van der Waals surface area contributed by atoms with E-state index in [1.54, 1.807) is 30.5 Å². The molecule has 0 saturated carbocycles. The van der Waals surface area contributed by atoms with Gasteiger partial charge in [-0.25, -0.2) is 18.1 Å². The Labute approximate surface area is 335 Å². The van der Waals surface area contributed by atoms with Gasteiger partial charge in [0.2, 0.25) is 0 Å². The molecule has 2 aromatic heterocycles. The van der Waals surface area contributed by atoms with Crippen LogP contribution in [0.3, 0.4) is 0 Å². The molecule has 1 unspecified atom stereocenters. The average molecular weight is 814 g/mol. The second-order valence-corrected chi connectivity index (χ2v) is 16.9. The molecule has 57 heavy (non-hydrogen) atoms. The van der Waals surface area contributed by atoms with E-state index >= 15 is 0 Å². The Morgan fingerprint density at radius 2 is 1.84 bits per heavy atom. The molecule has 0 radical (unpaired) electrons. The number of nitrogens with one attached hydrogen (secondary N) is 3. The van der Waals surface area contributed by atoms with Crippen molar-refractivity contribution < 1.29 is 27.6 Å². The van der Waals surface area contributed by atoms with Gasteiger partial charge >= 0.3 is 0 Å². The number of H-pyrrole nitrogens is 1. The first-order valence-corrected chi connectivity index (χ1v) is 21.2. The number of nitrogens with zero attached hydrogens (tertiary/aromatic N) is 4. The molecule has 16 heteroatoms. The number of sulfonamides is 1. The number of nitro groups is 1. The van der Waals surface area contributed by atoms with Crippen LogP contribution in [0.4, 0.5) is 17.1 Å². The molecule has 1 aliphatic carbocycles. The molecule has 3 N–H and O–H groups in total. The number of pyridine rings is 1. The number of amides is 1. The van der Waals surface area contributed by atoms with Gasteiger partial charge in [0.15, 0.2) is 0 Å². The van der Waals surface area contributed by atoms with Gasteiger partial charge in [-0.1, -0.05) is 30.2 Å². The van der Waals surface area contributed by atoms with Crippen LogP contribution in [-0.4, -0.2) is 80.1 Å². The number of rotatable bonds is 11. The standard InChI is InChI=1S/C41H44ClN7O7S/c42-35-6-3-5-33-32(35)4-1-2-7-37(33)48-18-16-47(17-19-48)29-8-10-34(39(23-29)56-30-22-28-12-15-43-40(28)45-26-30)41(50)46-57(53,54)31-9-11-36(38(24-31)49(51)52)44-25-27-13-20-55-21-14-27/h3,5-6,8-12,15,22-24,26-27,37,44H,1-2,4,7,13-14,16-21,25H2,(H,43,45)(H,46,50). The summed E-state index contributed by atoms with van der Waals surface area (Å²) >= 11 is 6.64. The minimum absolute atomic E-state index is 0.0358. The smallest absolute Gasteiger partial charge is 0.293 e. The molecule has 1 atom stereocenters. The molecular weight excluding hydrogens is 770 g/mol. The third-order valence-electron chi connectivity index (χ3n) is 11.2. The lowest BCUT2D eigenvalue weighted by atomic mass is 9.97. The summed E-state index contributed by atoms with van der Waals surface area (Å²) in [5, 5.41) is 16.8. The second-order valence-electron chi connectivity index (χ2n) is 14.8. The number of nitro benzene ring substituents is 1.